The van der Waals surface area contributed by atoms with Gasteiger partial charge in [0.2, 0.25) is 0 Å². The molecule has 1 rings (SSSR count). The van der Waals surface area contributed by atoms with E-state index in [1.807, 2.05) is 0 Å². The van der Waals surface area contributed by atoms with Crippen molar-refractivity contribution in [1.29, 1.82) is 0 Å². The van der Waals surface area contributed by atoms with Crippen LogP contribution in [0.2, 0.25) is 0 Å². The molecule has 1 aromatic rings. The number of benzene rings is 1. The van der Waals surface area contributed by atoms with Crippen LogP contribution in [0.4, 0.5) is 18.9 Å². The molecule has 0 saturated carbocycles. The highest BCUT2D eigenvalue weighted by molar-refractivity contribution is 14.1. The molecule has 0 spiro atoms. The molecule has 100 valence electrons. The summed E-state index contributed by atoms with van der Waals surface area (Å²) in [5, 5.41) is 10.6. The lowest BCUT2D eigenvalue weighted by Crippen LogP contribution is -2.11. The van der Waals surface area contributed by atoms with Crippen LogP contribution in [0.5, 0.6) is 0 Å². The zero-order valence-corrected chi connectivity index (χ0v) is 11.8. The van der Waals surface area contributed by atoms with Gasteiger partial charge in [-0.25, -0.2) is 8.42 Å². The minimum Gasteiger partial charge on any atom is -0.258 e. The zero-order valence-electron chi connectivity index (χ0n) is 8.03. The SMILES string of the molecule is O=[N+]([O-])c1c(C(F)(F)F)ccc(S(=O)(=O)Cl)c1I. The fraction of sp³-hybridized carbons (Fsp3) is 0.143. The summed E-state index contributed by atoms with van der Waals surface area (Å²) in [5.74, 6) is 0. The second-order valence-electron chi connectivity index (χ2n) is 2.97. The largest absolute Gasteiger partial charge is 0.423 e. The first-order valence-corrected chi connectivity index (χ1v) is 7.34. The van der Waals surface area contributed by atoms with E-state index in [0.717, 1.165) is 22.6 Å². The maximum absolute atomic E-state index is 12.5. The van der Waals surface area contributed by atoms with Crippen LogP contribution in [0.1, 0.15) is 5.56 Å². The molecule has 0 saturated heterocycles. The van der Waals surface area contributed by atoms with Crippen molar-refractivity contribution in [3.63, 3.8) is 0 Å². The van der Waals surface area contributed by atoms with Gasteiger partial charge in [-0.2, -0.15) is 13.2 Å². The minimum atomic E-state index is -4.96. The predicted octanol–water partition coefficient (Wildman–Crippen LogP) is 3.15. The van der Waals surface area contributed by atoms with E-state index in [2.05, 4.69) is 0 Å². The standard InChI is InChI=1S/C7H2ClF3INO4S/c8-18(16,17)4-2-1-3(7(9,10)11)6(5(4)12)13(14)15/h1-2H. The molecule has 0 N–H and O–H groups in total. The number of rotatable bonds is 2. The third kappa shape index (κ3) is 3.03. The molecule has 0 aliphatic rings. The van der Waals surface area contributed by atoms with Crippen LogP contribution in [0.25, 0.3) is 0 Å². The van der Waals surface area contributed by atoms with E-state index in [4.69, 9.17) is 10.7 Å². The first-order chi connectivity index (χ1) is 7.96. The molecule has 0 radical (unpaired) electrons. The summed E-state index contributed by atoms with van der Waals surface area (Å²) >= 11 is 1.14. The summed E-state index contributed by atoms with van der Waals surface area (Å²) in [7, 11) is 0.612. The van der Waals surface area contributed by atoms with E-state index in [9.17, 15) is 31.7 Å². The lowest BCUT2D eigenvalue weighted by Gasteiger charge is -2.10. The van der Waals surface area contributed by atoms with Crippen LogP contribution in [0, 0.1) is 13.7 Å². The van der Waals surface area contributed by atoms with Gasteiger partial charge in [0.1, 0.15) is 14.0 Å². The van der Waals surface area contributed by atoms with Crippen molar-refractivity contribution in [2.45, 2.75) is 11.1 Å². The summed E-state index contributed by atoms with van der Waals surface area (Å²) in [5.41, 5.74) is -2.86. The normalized spacial score (nSPS) is 12.5. The van der Waals surface area contributed by atoms with E-state index in [0.29, 0.717) is 12.1 Å². The molecule has 0 aliphatic carbocycles. The monoisotopic (exact) mass is 415 g/mol. The molecule has 0 atom stereocenters. The molecule has 0 bridgehead atoms. The summed E-state index contributed by atoms with van der Waals surface area (Å²) < 4.78 is 59.0. The van der Waals surface area contributed by atoms with Gasteiger partial charge in [-0.05, 0) is 34.7 Å². The van der Waals surface area contributed by atoms with Crippen LogP contribution >= 0.6 is 33.3 Å². The van der Waals surface area contributed by atoms with Crippen LogP contribution in [-0.2, 0) is 15.2 Å². The predicted molar refractivity (Wildman–Crippen MR) is 63.9 cm³/mol. The van der Waals surface area contributed by atoms with E-state index >= 15 is 0 Å². The number of nitrogens with zero attached hydrogens (tertiary/aromatic N) is 1. The molecule has 1 aromatic carbocycles. The van der Waals surface area contributed by atoms with Gasteiger partial charge >= 0.3 is 6.18 Å². The molecule has 18 heavy (non-hydrogen) atoms. The first kappa shape index (κ1) is 15.4. The highest BCUT2D eigenvalue weighted by atomic mass is 127. The summed E-state index contributed by atoms with van der Waals surface area (Å²) in [6.07, 6.45) is -4.96. The van der Waals surface area contributed by atoms with Gasteiger partial charge < -0.3 is 0 Å². The Hall–Kier alpha value is -0.620. The third-order valence-electron chi connectivity index (χ3n) is 1.83. The topological polar surface area (TPSA) is 77.3 Å². The number of hydrogen-bond acceptors (Lipinski definition) is 4. The average Bonchev–Trinajstić information content (AvgIpc) is 2.12. The molecule has 11 heteroatoms. The molecule has 0 unspecified atom stereocenters. The van der Waals surface area contributed by atoms with Gasteiger partial charge in [0.25, 0.3) is 14.7 Å². The Balaban J connectivity index is 3.75. The number of alkyl halides is 3. The second kappa shape index (κ2) is 4.81. The van der Waals surface area contributed by atoms with Crippen molar-refractivity contribution < 1.29 is 26.5 Å². The highest BCUT2D eigenvalue weighted by Crippen LogP contribution is 2.41. The van der Waals surface area contributed by atoms with Gasteiger partial charge in [0.05, 0.1) is 4.92 Å². The van der Waals surface area contributed by atoms with Gasteiger partial charge in [-0.1, -0.05) is 0 Å². The molecular formula is C7H2ClF3INO4S. The maximum Gasteiger partial charge on any atom is 0.423 e. The molecule has 0 aromatic heterocycles. The molecule has 0 heterocycles. The van der Waals surface area contributed by atoms with E-state index in [-0.39, 0.29) is 0 Å². The first-order valence-electron chi connectivity index (χ1n) is 3.95. The van der Waals surface area contributed by atoms with Gasteiger partial charge in [0, 0.05) is 10.7 Å². The fourth-order valence-electron chi connectivity index (χ4n) is 1.14. The molecular weight excluding hydrogens is 413 g/mol. The van der Waals surface area contributed by atoms with Crippen molar-refractivity contribution in [2.24, 2.45) is 0 Å². The Kier molecular flexibility index (Phi) is 4.13. The highest BCUT2D eigenvalue weighted by Gasteiger charge is 2.41. The third-order valence-corrected chi connectivity index (χ3v) is 4.65. The van der Waals surface area contributed by atoms with E-state index in [1.54, 1.807) is 0 Å². The van der Waals surface area contributed by atoms with Crippen molar-refractivity contribution in [2.75, 3.05) is 0 Å². The number of nitro groups is 1. The van der Waals surface area contributed by atoms with Crippen LogP contribution in [0.3, 0.4) is 0 Å². The number of halogens is 5. The van der Waals surface area contributed by atoms with Gasteiger partial charge in [-0.3, -0.25) is 10.1 Å². The van der Waals surface area contributed by atoms with Crippen molar-refractivity contribution in [1.82, 2.24) is 0 Å². The smallest absolute Gasteiger partial charge is 0.258 e. The zero-order chi connectivity index (χ0) is 14.3. The summed E-state index contributed by atoms with van der Waals surface area (Å²) in [4.78, 5) is 8.60. The van der Waals surface area contributed by atoms with Gasteiger partial charge in [0.15, 0.2) is 0 Å². The summed E-state index contributed by atoms with van der Waals surface area (Å²) in [6, 6.07) is 0.898. The Labute approximate surface area is 117 Å². The number of hydrogen-bond donors (Lipinski definition) is 0. The minimum absolute atomic E-state index is 0.315. The molecule has 0 amide bonds. The van der Waals surface area contributed by atoms with E-state index < -0.39 is 39.9 Å². The molecule has 5 nitrogen and oxygen atoms in total. The second-order valence-corrected chi connectivity index (χ2v) is 6.58. The Morgan fingerprint density at radius 2 is 1.83 bits per heavy atom. The van der Waals surface area contributed by atoms with Crippen molar-refractivity contribution in [3.8, 4) is 0 Å². The average molecular weight is 416 g/mol. The Morgan fingerprint density at radius 3 is 2.17 bits per heavy atom. The molecule has 0 aliphatic heterocycles. The lowest BCUT2D eigenvalue weighted by molar-refractivity contribution is -0.389. The van der Waals surface area contributed by atoms with Crippen molar-refractivity contribution >= 4 is 48.0 Å². The Bertz CT molecular complexity index is 616. The Morgan fingerprint density at radius 1 is 1.33 bits per heavy atom. The van der Waals surface area contributed by atoms with Crippen LogP contribution in [0.15, 0.2) is 17.0 Å². The lowest BCUT2D eigenvalue weighted by atomic mass is 10.2. The maximum atomic E-state index is 12.5. The van der Waals surface area contributed by atoms with Gasteiger partial charge in [-0.15, -0.1) is 0 Å². The van der Waals surface area contributed by atoms with E-state index in [1.165, 1.54) is 0 Å². The van der Waals surface area contributed by atoms with Crippen LogP contribution in [-0.4, -0.2) is 13.3 Å². The quantitative estimate of drug-likeness (QED) is 0.322. The summed E-state index contributed by atoms with van der Waals surface area (Å²) in [6.45, 7) is 0. The van der Waals surface area contributed by atoms with Crippen molar-refractivity contribution in [3.05, 3.63) is 31.4 Å². The fourth-order valence-corrected chi connectivity index (χ4v) is 4.00. The molecule has 0 fully saturated rings. The number of nitro benzene ring substituents is 1. The van der Waals surface area contributed by atoms with Crippen LogP contribution < -0.4 is 0 Å².